The second-order valence-electron chi connectivity index (χ2n) is 5.83. The van der Waals surface area contributed by atoms with E-state index in [4.69, 9.17) is 9.47 Å². The molecule has 0 atom stereocenters. The lowest BCUT2D eigenvalue weighted by molar-refractivity contribution is -0.158. The van der Waals surface area contributed by atoms with Crippen molar-refractivity contribution in [2.75, 3.05) is 19.8 Å². The smallest absolute Gasteiger partial charge is 0.320 e. The molecule has 0 unspecified atom stereocenters. The summed E-state index contributed by atoms with van der Waals surface area (Å²) in [5, 5.41) is 3.26. The maximum atomic E-state index is 12.0. The minimum Gasteiger partial charge on any atom is -0.454 e. The van der Waals surface area contributed by atoms with Crippen molar-refractivity contribution < 1.29 is 14.3 Å². The summed E-state index contributed by atoms with van der Waals surface area (Å²) in [6.45, 7) is 7.45. The van der Waals surface area contributed by atoms with Gasteiger partial charge in [0, 0.05) is 0 Å². The molecule has 0 aromatic heterocycles. The molecule has 0 amide bonds. The molecule has 1 aromatic carbocycles. The second-order valence-corrected chi connectivity index (χ2v) is 5.83. The number of ether oxygens (including phenoxy) is 2. The Balaban J connectivity index is 1.88. The molecule has 4 nitrogen and oxygen atoms in total. The zero-order valence-electron chi connectivity index (χ0n) is 12.4. The van der Waals surface area contributed by atoms with Crippen molar-refractivity contribution in [3.63, 3.8) is 0 Å². The fourth-order valence-corrected chi connectivity index (χ4v) is 2.26. The summed E-state index contributed by atoms with van der Waals surface area (Å²) in [5.41, 5.74) is 0.330. The van der Waals surface area contributed by atoms with E-state index in [1.807, 2.05) is 44.2 Å². The fraction of sp³-hybridized carbons (Fsp3) is 0.562. The Hall–Kier alpha value is -1.39. The summed E-state index contributed by atoms with van der Waals surface area (Å²) in [4.78, 5) is 12.0. The molecule has 2 rings (SSSR count). The molecule has 110 valence electrons. The molecule has 0 aliphatic carbocycles. The molecule has 0 spiro atoms. The molecule has 1 aromatic rings. The Bertz CT molecular complexity index is 447. The largest absolute Gasteiger partial charge is 0.454 e. The minimum absolute atomic E-state index is 0.0457. The topological polar surface area (TPSA) is 47.6 Å². The third-order valence-electron chi connectivity index (χ3n) is 3.88. The van der Waals surface area contributed by atoms with Crippen LogP contribution in [0.1, 0.15) is 32.8 Å². The van der Waals surface area contributed by atoms with E-state index < -0.39 is 5.60 Å². The van der Waals surface area contributed by atoms with Crippen molar-refractivity contribution in [2.24, 2.45) is 0 Å². The van der Waals surface area contributed by atoms with E-state index in [2.05, 4.69) is 12.2 Å². The monoisotopic (exact) mass is 277 g/mol. The van der Waals surface area contributed by atoms with Crippen molar-refractivity contribution in [3.8, 4) is 0 Å². The van der Waals surface area contributed by atoms with E-state index in [1.54, 1.807) is 0 Å². The first-order valence-electron chi connectivity index (χ1n) is 7.08. The summed E-state index contributed by atoms with van der Waals surface area (Å²) in [7, 11) is 0. The van der Waals surface area contributed by atoms with Crippen LogP contribution in [0, 0.1) is 0 Å². The van der Waals surface area contributed by atoms with E-state index >= 15 is 0 Å². The molecule has 0 saturated carbocycles. The van der Waals surface area contributed by atoms with E-state index in [-0.39, 0.29) is 18.1 Å². The Labute approximate surface area is 120 Å². The van der Waals surface area contributed by atoms with Gasteiger partial charge in [-0.3, -0.25) is 10.1 Å². The molecular weight excluding hydrogens is 254 g/mol. The van der Waals surface area contributed by atoms with E-state index in [9.17, 15) is 4.79 Å². The third kappa shape index (κ3) is 3.38. The van der Waals surface area contributed by atoms with Gasteiger partial charge in [0.05, 0.1) is 25.3 Å². The Morgan fingerprint density at radius 3 is 2.50 bits per heavy atom. The molecule has 1 heterocycles. The van der Waals surface area contributed by atoms with Crippen LogP contribution in [0.25, 0.3) is 0 Å². The average Bonchev–Trinajstić information content (AvgIpc) is 2.38. The maximum absolute atomic E-state index is 12.0. The number of rotatable bonds is 6. The van der Waals surface area contributed by atoms with E-state index in [0.29, 0.717) is 13.2 Å². The molecule has 1 aliphatic rings. The van der Waals surface area contributed by atoms with Crippen LogP contribution >= 0.6 is 0 Å². The first-order chi connectivity index (χ1) is 9.47. The molecule has 1 N–H and O–H groups in total. The van der Waals surface area contributed by atoms with Crippen LogP contribution < -0.4 is 5.32 Å². The zero-order chi connectivity index (χ0) is 14.6. The van der Waals surface area contributed by atoms with Gasteiger partial charge in [-0.25, -0.2) is 0 Å². The SMILES string of the molecule is CCC1(NCC(=O)OC(C)(C)c2ccccc2)COC1. The lowest BCUT2D eigenvalue weighted by atomic mass is 9.94. The normalized spacial score (nSPS) is 17.4. The summed E-state index contributed by atoms with van der Waals surface area (Å²) in [5.74, 6) is -0.237. The van der Waals surface area contributed by atoms with Crippen LogP contribution in [0.5, 0.6) is 0 Å². The number of benzene rings is 1. The Morgan fingerprint density at radius 2 is 2.00 bits per heavy atom. The average molecular weight is 277 g/mol. The van der Waals surface area contributed by atoms with Crippen LogP contribution in [0.2, 0.25) is 0 Å². The number of nitrogens with one attached hydrogen (secondary N) is 1. The van der Waals surface area contributed by atoms with E-state index in [1.165, 1.54) is 0 Å². The van der Waals surface area contributed by atoms with Crippen molar-refractivity contribution in [1.29, 1.82) is 0 Å². The highest BCUT2D eigenvalue weighted by molar-refractivity contribution is 5.72. The highest BCUT2D eigenvalue weighted by atomic mass is 16.6. The molecule has 1 aliphatic heterocycles. The molecule has 0 radical (unpaired) electrons. The maximum Gasteiger partial charge on any atom is 0.320 e. The van der Waals surface area contributed by atoms with Crippen molar-refractivity contribution in [3.05, 3.63) is 35.9 Å². The number of carbonyl (C=O) groups excluding carboxylic acids is 1. The van der Waals surface area contributed by atoms with Gasteiger partial charge in [-0.15, -0.1) is 0 Å². The van der Waals surface area contributed by atoms with Crippen LogP contribution in [0.15, 0.2) is 30.3 Å². The first-order valence-corrected chi connectivity index (χ1v) is 7.08. The quantitative estimate of drug-likeness (QED) is 0.810. The van der Waals surface area contributed by atoms with Gasteiger partial charge in [-0.2, -0.15) is 0 Å². The minimum atomic E-state index is -0.616. The molecule has 20 heavy (non-hydrogen) atoms. The number of esters is 1. The van der Waals surface area contributed by atoms with E-state index in [0.717, 1.165) is 12.0 Å². The van der Waals surface area contributed by atoms with Crippen molar-refractivity contribution >= 4 is 5.97 Å². The highest BCUT2D eigenvalue weighted by Crippen LogP contribution is 2.25. The zero-order valence-corrected chi connectivity index (χ0v) is 12.4. The van der Waals surface area contributed by atoms with Crippen LogP contribution in [0.4, 0.5) is 0 Å². The summed E-state index contributed by atoms with van der Waals surface area (Å²) < 4.78 is 10.8. The van der Waals surface area contributed by atoms with Gasteiger partial charge in [0.1, 0.15) is 5.60 Å². The van der Waals surface area contributed by atoms with Gasteiger partial charge in [0.2, 0.25) is 0 Å². The molecule has 4 heteroatoms. The lowest BCUT2D eigenvalue weighted by Gasteiger charge is -2.41. The van der Waals surface area contributed by atoms with Gasteiger partial charge in [0.15, 0.2) is 0 Å². The number of hydrogen-bond acceptors (Lipinski definition) is 4. The van der Waals surface area contributed by atoms with Gasteiger partial charge in [-0.1, -0.05) is 37.3 Å². The second kappa shape index (κ2) is 5.94. The van der Waals surface area contributed by atoms with Gasteiger partial charge in [-0.05, 0) is 25.8 Å². The van der Waals surface area contributed by atoms with Crippen LogP contribution in [-0.2, 0) is 19.9 Å². The van der Waals surface area contributed by atoms with Crippen molar-refractivity contribution in [1.82, 2.24) is 5.32 Å². The van der Waals surface area contributed by atoms with Gasteiger partial charge >= 0.3 is 5.97 Å². The van der Waals surface area contributed by atoms with Crippen molar-refractivity contribution in [2.45, 2.75) is 38.3 Å². The molecular formula is C16H23NO3. The number of carbonyl (C=O) groups is 1. The first kappa shape index (κ1) is 15.0. The third-order valence-corrected chi connectivity index (χ3v) is 3.88. The van der Waals surface area contributed by atoms with Gasteiger partial charge < -0.3 is 9.47 Å². The predicted molar refractivity (Wildman–Crippen MR) is 77.4 cm³/mol. The lowest BCUT2D eigenvalue weighted by Crippen LogP contribution is -2.61. The fourth-order valence-electron chi connectivity index (χ4n) is 2.26. The highest BCUT2D eigenvalue weighted by Gasteiger charge is 2.37. The number of hydrogen-bond donors (Lipinski definition) is 1. The molecule has 1 saturated heterocycles. The summed E-state index contributed by atoms with van der Waals surface area (Å²) >= 11 is 0. The Morgan fingerprint density at radius 1 is 1.35 bits per heavy atom. The standard InChI is InChI=1S/C16H23NO3/c1-4-16(11-19-12-16)17-10-14(18)20-15(2,3)13-8-6-5-7-9-13/h5-9,17H,4,10-12H2,1-3H3. The molecule has 0 bridgehead atoms. The predicted octanol–water partition coefficient (Wildman–Crippen LogP) is 2.23. The van der Waals surface area contributed by atoms with Crippen LogP contribution in [0.3, 0.4) is 0 Å². The van der Waals surface area contributed by atoms with Gasteiger partial charge in [0.25, 0.3) is 0 Å². The van der Waals surface area contributed by atoms with Crippen LogP contribution in [-0.4, -0.2) is 31.3 Å². The molecule has 1 fully saturated rings. The summed E-state index contributed by atoms with van der Waals surface area (Å²) in [6, 6.07) is 9.77. The Kier molecular flexibility index (Phi) is 4.45. The summed E-state index contributed by atoms with van der Waals surface area (Å²) in [6.07, 6.45) is 0.947.